The number of ether oxygens (including phenoxy) is 11. The van der Waals surface area contributed by atoms with Crippen molar-refractivity contribution in [3.63, 3.8) is 0 Å². The molecule has 1 rings (SSSR count). The molecule has 0 aromatic heterocycles. The van der Waals surface area contributed by atoms with Gasteiger partial charge in [-0.2, -0.15) is 0 Å². The maximum Gasteiger partial charge on any atom is 0.168 e. The molecule has 0 heterocycles. The summed E-state index contributed by atoms with van der Waals surface area (Å²) in [6, 6.07) is 9.62. The lowest BCUT2D eigenvalue weighted by Gasteiger charge is -2.19. The van der Waals surface area contributed by atoms with Gasteiger partial charge in [-0.3, -0.25) is 0 Å². The quantitative estimate of drug-likeness (QED) is 0.0616. The molecule has 1 unspecified atom stereocenters. The van der Waals surface area contributed by atoms with Gasteiger partial charge in [0.15, 0.2) is 33.0 Å². The van der Waals surface area contributed by atoms with Crippen LogP contribution in [0.15, 0.2) is 42.5 Å². The Labute approximate surface area is 263 Å². The molecule has 0 saturated heterocycles. The van der Waals surface area contributed by atoms with Crippen molar-refractivity contribution in [2.45, 2.75) is 19.4 Å². The van der Waals surface area contributed by atoms with Crippen LogP contribution in [0.2, 0.25) is 0 Å². The fourth-order valence-electron chi connectivity index (χ4n) is 3.36. The highest BCUT2D eigenvalue weighted by molar-refractivity contribution is 5.20. The van der Waals surface area contributed by atoms with Crippen LogP contribution >= 0.6 is 0 Å². The molecule has 1 atom stereocenters. The van der Waals surface area contributed by atoms with E-state index in [1.54, 1.807) is 0 Å². The predicted octanol–water partition coefficient (Wildman–Crippen LogP) is 1.31. The molecule has 44 heavy (non-hydrogen) atoms. The Morgan fingerprint density at radius 1 is 0.614 bits per heavy atom. The Morgan fingerprint density at radius 3 is 1.64 bits per heavy atom. The highest BCUT2D eigenvalue weighted by Gasteiger charge is 2.11. The second-order valence-electron chi connectivity index (χ2n) is 9.66. The zero-order valence-corrected chi connectivity index (χ0v) is 26.8. The fraction of sp³-hybridized carbons (Fsp3) is 0.750. The zero-order chi connectivity index (χ0) is 31.6. The SMILES string of the molecule is C=C(C)CCOCC[OH+]CCOCCOCCOCCOCC(COc1ccccc1)OCCOCC[OH+]CCOCC[OH2+]. The second kappa shape index (κ2) is 32.7. The minimum Gasteiger partial charge on any atom is -0.491 e. The van der Waals surface area contributed by atoms with Crippen LogP contribution in [0.3, 0.4) is 0 Å². The van der Waals surface area contributed by atoms with Gasteiger partial charge in [0.2, 0.25) is 0 Å². The molecule has 0 bridgehead atoms. The van der Waals surface area contributed by atoms with Crippen molar-refractivity contribution in [2.75, 3.05) is 139 Å². The van der Waals surface area contributed by atoms with Gasteiger partial charge in [-0.1, -0.05) is 23.8 Å². The summed E-state index contributed by atoms with van der Waals surface area (Å²) in [5.74, 6) is 0.782. The number of hydrogen-bond donors (Lipinski definition) is 0. The average molecular weight is 636 g/mol. The molecule has 4 N–H and O–H groups in total. The first kappa shape index (κ1) is 40.3. The zero-order valence-electron chi connectivity index (χ0n) is 26.8. The molecule has 1 aromatic rings. The van der Waals surface area contributed by atoms with Crippen molar-refractivity contribution in [2.24, 2.45) is 0 Å². The summed E-state index contributed by atoms with van der Waals surface area (Å²) in [5, 5.41) is 7.02. The Bertz CT molecular complexity index is 724. The van der Waals surface area contributed by atoms with Gasteiger partial charge in [-0.15, -0.1) is 6.58 Å². The van der Waals surface area contributed by atoms with Gasteiger partial charge < -0.3 is 57.2 Å². The molecule has 256 valence electrons. The van der Waals surface area contributed by atoms with E-state index in [9.17, 15) is 0 Å². The molecule has 0 saturated carbocycles. The molecule has 0 spiro atoms. The lowest BCUT2D eigenvalue weighted by Crippen LogP contribution is -2.29. The summed E-state index contributed by atoms with van der Waals surface area (Å²) in [6.07, 6.45) is 0.653. The van der Waals surface area contributed by atoms with Crippen molar-refractivity contribution in [1.29, 1.82) is 0 Å². The van der Waals surface area contributed by atoms with Crippen LogP contribution in [-0.4, -0.2) is 159 Å². The van der Waals surface area contributed by atoms with Crippen molar-refractivity contribution in [1.82, 2.24) is 0 Å². The van der Waals surface area contributed by atoms with Crippen molar-refractivity contribution < 1.29 is 57.2 Å². The van der Waals surface area contributed by atoms with Gasteiger partial charge in [0.1, 0.15) is 51.5 Å². The first-order valence-corrected chi connectivity index (χ1v) is 15.6. The minimum absolute atomic E-state index is 0.242. The number of benzene rings is 1. The number of para-hydroxylation sites is 1. The third kappa shape index (κ3) is 29.1. The number of aliphatic hydroxyl groups is 4. The summed E-state index contributed by atoms with van der Waals surface area (Å²) in [5.41, 5.74) is 1.13. The first-order chi connectivity index (χ1) is 21.7. The Kier molecular flexibility index (Phi) is 30.0. The lowest BCUT2D eigenvalue weighted by atomic mass is 10.3. The predicted molar refractivity (Wildman–Crippen MR) is 169 cm³/mol. The Balaban J connectivity index is 1.98. The van der Waals surface area contributed by atoms with E-state index in [2.05, 4.69) is 16.1 Å². The maximum atomic E-state index is 7.02. The van der Waals surface area contributed by atoms with E-state index in [1.807, 2.05) is 37.3 Å². The van der Waals surface area contributed by atoms with Crippen LogP contribution in [0.4, 0.5) is 0 Å². The van der Waals surface area contributed by atoms with E-state index in [-0.39, 0.29) is 12.7 Å². The molecule has 12 heteroatoms. The van der Waals surface area contributed by atoms with E-state index in [4.69, 9.17) is 47.7 Å². The minimum atomic E-state index is -0.242. The van der Waals surface area contributed by atoms with Crippen molar-refractivity contribution in [3.05, 3.63) is 42.5 Å². The molecule has 12 nitrogen and oxygen atoms in total. The summed E-state index contributed by atoms with van der Waals surface area (Å²) < 4.78 is 59.2. The molecule has 0 aliphatic rings. The third-order valence-corrected chi connectivity index (χ3v) is 5.67. The van der Waals surface area contributed by atoms with Crippen LogP contribution in [0.1, 0.15) is 13.3 Å². The standard InChI is InChI=1S/C32H56O12/c1-30(2)8-10-34-12-14-36-16-17-38-18-19-39-20-21-40-24-25-42-28-32(29-44-31-6-4-3-5-7-31)43-27-26-41-23-22-37-15-13-35-11-9-33/h3-7,32-33H,1,8-29H2,2H3/p+3. The normalized spacial score (nSPS) is 12.0. The highest BCUT2D eigenvalue weighted by Crippen LogP contribution is 2.09. The van der Waals surface area contributed by atoms with Gasteiger partial charge in [0, 0.05) is 0 Å². The summed E-state index contributed by atoms with van der Waals surface area (Å²) in [4.78, 5) is 0. The van der Waals surface area contributed by atoms with Gasteiger partial charge in [0.05, 0.1) is 66.1 Å². The van der Waals surface area contributed by atoms with Crippen LogP contribution in [0.5, 0.6) is 5.75 Å². The van der Waals surface area contributed by atoms with Crippen LogP contribution < -0.4 is 4.74 Å². The van der Waals surface area contributed by atoms with E-state index < -0.39 is 0 Å². The molecule has 0 aliphatic carbocycles. The average Bonchev–Trinajstić information content (AvgIpc) is 3.03. The summed E-state index contributed by atoms with van der Waals surface area (Å²) in [6.45, 7) is 16.7. The molecule has 0 fully saturated rings. The van der Waals surface area contributed by atoms with Gasteiger partial charge >= 0.3 is 0 Å². The molecule has 0 aliphatic heterocycles. The highest BCUT2D eigenvalue weighted by atomic mass is 16.6. The molecule has 1 aromatic carbocycles. The molecule has 0 amide bonds. The van der Waals surface area contributed by atoms with Crippen LogP contribution in [-0.2, 0) is 37.9 Å². The molecular weight excluding hydrogens is 576 g/mol. The monoisotopic (exact) mass is 635 g/mol. The topological polar surface area (TPSA) is 132 Å². The van der Waals surface area contributed by atoms with Crippen molar-refractivity contribution in [3.8, 4) is 5.75 Å². The third-order valence-electron chi connectivity index (χ3n) is 5.67. The largest absolute Gasteiger partial charge is 0.491 e. The molecule has 0 radical (unpaired) electrons. The first-order valence-electron chi connectivity index (χ1n) is 15.6. The smallest absolute Gasteiger partial charge is 0.168 e. The van der Waals surface area contributed by atoms with Gasteiger partial charge in [0.25, 0.3) is 0 Å². The lowest BCUT2D eigenvalue weighted by molar-refractivity contribution is -0.101. The van der Waals surface area contributed by atoms with Crippen molar-refractivity contribution >= 4 is 0 Å². The Hall–Kier alpha value is -1.68. The number of hydrogen-bond acceptors (Lipinski definition) is 9. The van der Waals surface area contributed by atoms with Crippen LogP contribution in [0, 0.1) is 0 Å². The van der Waals surface area contributed by atoms with E-state index in [0.29, 0.717) is 132 Å². The maximum absolute atomic E-state index is 7.02. The molecular formula is C32H59O12+3. The van der Waals surface area contributed by atoms with E-state index in [0.717, 1.165) is 17.7 Å². The summed E-state index contributed by atoms with van der Waals surface area (Å²) in [7, 11) is 0. The second-order valence-corrected chi connectivity index (χ2v) is 9.66. The fourth-order valence-corrected chi connectivity index (χ4v) is 3.36. The van der Waals surface area contributed by atoms with Gasteiger partial charge in [-0.05, 0) is 25.5 Å². The number of rotatable bonds is 35. The van der Waals surface area contributed by atoms with E-state index >= 15 is 0 Å². The van der Waals surface area contributed by atoms with E-state index in [1.165, 1.54) is 0 Å². The Morgan fingerprint density at radius 2 is 1.09 bits per heavy atom. The van der Waals surface area contributed by atoms with Gasteiger partial charge in [-0.25, -0.2) is 0 Å². The van der Waals surface area contributed by atoms with Crippen LogP contribution in [0.25, 0.3) is 0 Å². The summed E-state index contributed by atoms with van der Waals surface area (Å²) >= 11 is 0.